The number of hydrogen-bond acceptors (Lipinski definition) is 1. The van der Waals surface area contributed by atoms with Gasteiger partial charge in [-0.3, -0.25) is 0 Å². The van der Waals surface area contributed by atoms with Gasteiger partial charge in [0.05, 0.1) is 0 Å². The van der Waals surface area contributed by atoms with Crippen molar-refractivity contribution in [2.75, 3.05) is 0 Å². The Hall–Kier alpha value is -0.790. The molecular weight excluding hydrogens is 208 g/mol. The lowest BCUT2D eigenvalue weighted by atomic mass is 10.1. The van der Waals surface area contributed by atoms with E-state index in [-0.39, 0.29) is 0 Å². The highest BCUT2D eigenvalue weighted by Crippen LogP contribution is 2.09. The molecule has 1 heterocycles. The second-order valence-corrected chi connectivity index (χ2v) is 4.91. The molecule has 0 N–H and O–H groups in total. The maximum absolute atomic E-state index is 4.41. The molecule has 0 amide bonds. The van der Waals surface area contributed by atoms with E-state index in [0.29, 0.717) is 0 Å². The molecule has 1 aromatic rings. The quantitative estimate of drug-likeness (QED) is 0.543. The van der Waals surface area contributed by atoms with E-state index in [2.05, 4.69) is 29.6 Å². The summed E-state index contributed by atoms with van der Waals surface area (Å²) >= 11 is 0. The molecule has 0 fully saturated rings. The first-order chi connectivity index (χ1) is 8.38. The maximum atomic E-state index is 4.41. The van der Waals surface area contributed by atoms with Gasteiger partial charge in [0.25, 0.3) is 0 Å². The van der Waals surface area contributed by atoms with Crippen LogP contribution in [0.1, 0.15) is 71.0 Å². The molecule has 0 saturated heterocycles. The molecule has 0 unspecified atom stereocenters. The average Bonchev–Trinajstić information content (AvgIpc) is 2.76. The molecular formula is C15H28N2. The Morgan fingerprint density at radius 1 is 0.941 bits per heavy atom. The van der Waals surface area contributed by atoms with Crippen LogP contribution in [0.3, 0.4) is 0 Å². The van der Waals surface area contributed by atoms with Gasteiger partial charge < -0.3 is 4.57 Å². The molecule has 1 aromatic heterocycles. The van der Waals surface area contributed by atoms with E-state index < -0.39 is 0 Å². The van der Waals surface area contributed by atoms with Crippen molar-refractivity contribution in [1.82, 2.24) is 9.55 Å². The third-order valence-corrected chi connectivity index (χ3v) is 3.28. The van der Waals surface area contributed by atoms with Crippen molar-refractivity contribution in [3.63, 3.8) is 0 Å². The van der Waals surface area contributed by atoms with Gasteiger partial charge in [0.1, 0.15) is 5.82 Å². The fraction of sp³-hybridized carbons (Fsp3) is 0.800. The molecule has 0 aliphatic carbocycles. The Morgan fingerprint density at radius 2 is 1.65 bits per heavy atom. The molecule has 1 rings (SSSR count). The van der Waals surface area contributed by atoms with Gasteiger partial charge in [-0.25, -0.2) is 4.98 Å². The van der Waals surface area contributed by atoms with Gasteiger partial charge in [-0.1, -0.05) is 52.4 Å². The molecule has 2 nitrogen and oxygen atoms in total. The molecule has 0 atom stereocenters. The number of imidazole rings is 1. The third-order valence-electron chi connectivity index (χ3n) is 3.28. The smallest absolute Gasteiger partial charge is 0.108 e. The van der Waals surface area contributed by atoms with Gasteiger partial charge in [-0.2, -0.15) is 0 Å². The van der Waals surface area contributed by atoms with Crippen molar-refractivity contribution in [2.45, 2.75) is 78.2 Å². The van der Waals surface area contributed by atoms with Gasteiger partial charge in [0.2, 0.25) is 0 Å². The molecule has 0 spiro atoms. The largest absolute Gasteiger partial charge is 0.335 e. The normalized spacial score (nSPS) is 10.9. The highest BCUT2D eigenvalue weighted by atomic mass is 15.1. The first-order valence-electron chi connectivity index (χ1n) is 7.38. The number of rotatable bonds is 10. The lowest BCUT2D eigenvalue weighted by Crippen LogP contribution is -2.03. The van der Waals surface area contributed by atoms with E-state index in [9.17, 15) is 0 Å². The van der Waals surface area contributed by atoms with Crippen LogP contribution >= 0.6 is 0 Å². The molecule has 17 heavy (non-hydrogen) atoms. The fourth-order valence-electron chi connectivity index (χ4n) is 2.23. The van der Waals surface area contributed by atoms with Crippen LogP contribution in [0.15, 0.2) is 12.4 Å². The Morgan fingerprint density at radius 3 is 2.35 bits per heavy atom. The second kappa shape index (κ2) is 9.26. The molecule has 0 saturated carbocycles. The minimum atomic E-state index is 1.11. The number of unbranched alkanes of at least 4 members (excludes halogenated alkanes) is 6. The predicted octanol–water partition coefficient (Wildman–Crippen LogP) is 4.59. The Labute approximate surface area is 106 Å². The van der Waals surface area contributed by atoms with E-state index in [4.69, 9.17) is 0 Å². The van der Waals surface area contributed by atoms with Crippen molar-refractivity contribution in [3.05, 3.63) is 18.2 Å². The van der Waals surface area contributed by atoms with Crippen LogP contribution < -0.4 is 0 Å². The number of aryl methyl sites for hydroxylation is 2. The minimum absolute atomic E-state index is 1.11. The van der Waals surface area contributed by atoms with Crippen LogP contribution in [-0.4, -0.2) is 9.55 Å². The zero-order chi connectivity index (χ0) is 12.3. The SMILES string of the molecule is CCCCCCCCCn1ccnc1CCC. The van der Waals surface area contributed by atoms with Crippen molar-refractivity contribution in [3.8, 4) is 0 Å². The van der Waals surface area contributed by atoms with Gasteiger partial charge in [-0.15, -0.1) is 0 Å². The summed E-state index contributed by atoms with van der Waals surface area (Å²) in [5.41, 5.74) is 0. The summed E-state index contributed by atoms with van der Waals surface area (Å²) in [6, 6.07) is 0. The van der Waals surface area contributed by atoms with Crippen LogP contribution in [0.2, 0.25) is 0 Å². The highest BCUT2D eigenvalue weighted by Gasteiger charge is 2.00. The summed E-state index contributed by atoms with van der Waals surface area (Å²) in [6.07, 6.45) is 16.0. The third kappa shape index (κ3) is 5.90. The molecule has 0 aromatic carbocycles. The lowest BCUT2D eigenvalue weighted by Gasteiger charge is -2.06. The van der Waals surface area contributed by atoms with E-state index >= 15 is 0 Å². The number of nitrogens with zero attached hydrogens (tertiary/aromatic N) is 2. The van der Waals surface area contributed by atoms with Crippen LogP contribution in [0.5, 0.6) is 0 Å². The molecule has 0 aliphatic heterocycles. The molecule has 0 aliphatic rings. The highest BCUT2D eigenvalue weighted by molar-refractivity contribution is 4.92. The van der Waals surface area contributed by atoms with Crippen molar-refractivity contribution in [1.29, 1.82) is 0 Å². The van der Waals surface area contributed by atoms with Gasteiger partial charge >= 0.3 is 0 Å². The summed E-state index contributed by atoms with van der Waals surface area (Å²) < 4.78 is 2.33. The molecule has 0 bridgehead atoms. The van der Waals surface area contributed by atoms with E-state index in [1.165, 1.54) is 57.2 Å². The van der Waals surface area contributed by atoms with Gasteiger partial charge in [0.15, 0.2) is 0 Å². The first-order valence-corrected chi connectivity index (χ1v) is 7.38. The van der Waals surface area contributed by atoms with E-state index in [0.717, 1.165) is 13.0 Å². The topological polar surface area (TPSA) is 17.8 Å². The summed E-state index contributed by atoms with van der Waals surface area (Å²) in [4.78, 5) is 4.41. The summed E-state index contributed by atoms with van der Waals surface area (Å²) in [5.74, 6) is 1.26. The number of hydrogen-bond donors (Lipinski definition) is 0. The van der Waals surface area contributed by atoms with Crippen LogP contribution in [0.4, 0.5) is 0 Å². The molecule has 0 radical (unpaired) electrons. The Bertz CT molecular complexity index is 278. The fourth-order valence-corrected chi connectivity index (χ4v) is 2.23. The lowest BCUT2D eigenvalue weighted by molar-refractivity contribution is 0.538. The maximum Gasteiger partial charge on any atom is 0.108 e. The zero-order valence-electron chi connectivity index (χ0n) is 11.6. The number of aromatic nitrogens is 2. The first kappa shape index (κ1) is 14.3. The van der Waals surface area contributed by atoms with Crippen LogP contribution in [0, 0.1) is 0 Å². The van der Waals surface area contributed by atoms with E-state index in [1.807, 2.05) is 6.20 Å². The van der Waals surface area contributed by atoms with Gasteiger partial charge in [0, 0.05) is 25.4 Å². The van der Waals surface area contributed by atoms with Gasteiger partial charge in [-0.05, 0) is 12.8 Å². The summed E-state index contributed by atoms with van der Waals surface area (Å²) in [7, 11) is 0. The zero-order valence-corrected chi connectivity index (χ0v) is 11.6. The minimum Gasteiger partial charge on any atom is -0.335 e. The standard InChI is InChI=1S/C15H28N2/c1-3-5-6-7-8-9-10-13-17-14-12-16-15(17)11-4-2/h12,14H,3-11,13H2,1-2H3. The average molecular weight is 236 g/mol. The van der Waals surface area contributed by atoms with Crippen LogP contribution in [-0.2, 0) is 13.0 Å². The Balaban J connectivity index is 2.07. The molecule has 98 valence electrons. The second-order valence-electron chi connectivity index (χ2n) is 4.91. The van der Waals surface area contributed by atoms with Crippen molar-refractivity contribution >= 4 is 0 Å². The van der Waals surface area contributed by atoms with Crippen LogP contribution in [0.25, 0.3) is 0 Å². The monoisotopic (exact) mass is 236 g/mol. The van der Waals surface area contributed by atoms with E-state index in [1.54, 1.807) is 0 Å². The summed E-state index contributed by atoms with van der Waals surface area (Å²) in [6.45, 7) is 5.64. The predicted molar refractivity (Wildman–Crippen MR) is 74.2 cm³/mol. The molecule has 2 heteroatoms. The van der Waals surface area contributed by atoms with Crippen molar-refractivity contribution < 1.29 is 0 Å². The Kier molecular flexibility index (Phi) is 7.78. The summed E-state index contributed by atoms with van der Waals surface area (Å²) in [5, 5.41) is 0. The van der Waals surface area contributed by atoms with Crippen molar-refractivity contribution in [2.24, 2.45) is 0 Å².